The van der Waals surface area contributed by atoms with E-state index in [2.05, 4.69) is 28.1 Å². The number of aromatic nitrogens is 3. The second-order valence-electron chi connectivity index (χ2n) is 8.71. The van der Waals surface area contributed by atoms with Crippen LogP contribution in [0.2, 0.25) is 5.02 Å². The van der Waals surface area contributed by atoms with Crippen molar-refractivity contribution in [3.63, 3.8) is 0 Å². The Bertz CT molecular complexity index is 1170. The minimum atomic E-state index is 0.00352. The number of halogens is 1. The van der Waals surface area contributed by atoms with Crippen LogP contribution in [0.3, 0.4) is 0 Å². The lowest BCUT2D eigenvalue weighted by Crippen LogP contribution is -2.55. The SMILES string of the molecule is Cc1c(Cc2ccc(-c3cnn(C)c3)nc2)cc2c(c1Cl)OC[C@@H]1CN(C)CCN1C2=O. The molecule has 7 nitrogen and oxygen atoms in total. The first-order valence-corrected chi connectivity index (χ1v) is 11.2. The molecule has 1 fully saturated rings. The van der Waals surface area contributed by atoms with Gasteiger partial charge in [0.25, 0.3) is 5.91 Å². The van der Waals surface area contributed by atoms with Gasteiger partial charge in [-0.15, -0.1) is 0 Å². The topological polar surface area (TPSA) is 63.5 Å². The molecule has 0 bridgehead atoms. The first kappa shape index (κ1) is 21.0. The molecule has 0 spiro atoms. The Kier molecular flexibility index (Phi) is 5.39. The van der Waals surface area contributed by atoms with Gasteiger partial charge in [0.1, 0.15) is 6.61 Å². The van der Waals surface area contributed by atoms with Crippen molar-refractivity contribution < 1.29 is 9.53 Å². The van der Waals surface area contributed by atoms with Gasteiger partial charge in [-0.05, 0) is 49.2 Å². The molecule has 1 amide bonds. The maximum atomic E-state index is 13.4. The summed E-state index contributed by atoms with van der Waals surface area (Å²) in [5, 5.41) is 4.73. The van der Waals surface area contributed by atoms with E-state index in [4.69, 9.17) is 16.3 Å². The van der Waals surface area contributed by atoms with E-state index in [9.17, 15) is 4.79 Å². The van der Waals surface area contributed by atoms with Gasteiger partial charge in [-0.2, -0.15) is 5.10 Å². The number of hydrogen-bond acceptors (Lipinski definition) is 5. The molecule has 0 unspecified atom stereocenters. The molecule has 2 aromatic heterocycles. The zero-order valence-electron chi connectivity index (χ0n) is 18.5. The van der Waals surface area contributed by atoms with Crippen molar-refractivity contribution >= 4 is 17.5 Å². The summed E-state index contributed by atoms with van der Waals surface area (Å²) in [7, 11) is 3.96. The fourth-order valence-electron chi connectivity index (χ4n) is 4.49. The quantitative estimate of drug-likeness (QED) is 0.612. The Morgan fingerprint density at radius 3 is 2.78 bits per heavy atom. The van der Waals surface area contributed by atoms with Crippen LogP contribution in [0.25, 0.3) is 11.3 Å². The number of ether oxygens (including phenoxy) is 1. The summed E-state index contributed by atoms with van der Waals surface area (Å²) in [5.41, 5.74) is 5.41. The van der Waals surface area contributed by atoms with Gasteiger partial charge in [-0.3, -0.25) is 14.5 Å². The fraction of sp³-hybridized carbons (Fsp3) is 0.375. The molecule has 0 aliphatic carbocycles. The minimum absolute atomic E-state index is 0.00352. The predicted octanol–water partition coefficient (Wildman–Crippen LogP) is 3.18. The van der Waals surface area contributed by atoms with Gasteiger partial charge in [0, 0.05) is 44.6 Å². The van der Waals surface area contributed by atoms with Crippen molar-refractivity contribution in [2.45, 2.75) is 19.4 Å². The van der Waals surface area contributed by atoms with Crippen LogP contribution in [-0.2, 0) is 13.5 Å². The molecule has 0 N–H and O–H groups in total. The Balaban J connectivity index is 1.44. The number of carbonyl (C=O) groups excluding carboxylic acids is 1. The third-order valence-corrected chi connectivity index (χ3v) is 6.85. The van der Waals surface area contributed by atoms with Gasteiger partial charge in [0.05, 0.1) is 28.5 Å². The molecule has 3 aromatic rings. The number of aryl methyl sites for hydroxylation is 1. The average molecular weight is 452 g/mol. The Morgan fingerprint density at radius 1 is 1.22 bits per heavy atom. The summed E-state index contributed by atoms with van der Waals surface area (Å²) in [4.78, 5) is 22.2. The van der Waals surface area contributed by atoms with Crippen LogP contribution in [0.4, 0.5) is 0 Å². The lowest BCUT2D eigenvalue weighted by molar-refractivity contribution is 0.0442. The van der Waals surface area contributed by atoms with E-state index in [-0.39, 0.29) is 11.9 Å². The van der Waals surface area contributed by atoms with Crippen LogP contribution in [0.15, 0.2) is 36.8 Å². The molecular weight excluding hydrogens is 426 g/mol. The second kappa shape index (κ2) is 8.22. The first-order chi connectivity index (χ1) is 15.4. The van der Waals surface area contributed by atoms with Crippen molar-refractivity contribution in [2.75, 3.05) is 33.3 Å². The zero-order valence-corrected chi connectivity index (χ0v) is 19.3. The van der Waals surface area contributed by atoms with Crippen LogP contribution in [0, 0.1) is 6.92 Å². The van der Waals surface area contributed by atoms with Crippen LogP contribution in [0.5, 0.6) is 5.75 Å². The third-order valence-electron chi connectivity index (χ3n) is 6.39. The highest BCUT2D eigenvalue weighted by Gasteiger charge is 2.36. The van der Waals surface area contributed by atoms with Gasteiger partial charge >= 0.3 is 0 Å². The fourth-order valence-corrected chi connectivity index (χ4v) is 4.77. The van der Waals surface area contributed by atoms with Crippen molar-refractivity contribution in [3.05, 3.63) is 64.1 Å². The minimum Gasteiger partial charge on any atom is -0.489 e. The van der Waals surface area contributed by atoms with Gasteiger partial charge in [0.15, 0.2) is 5.75 Å². The largest absolute Gasteiger partial charge is 0.489 e. The highest BCUT2D eigenvalue weighted by atomic mass is 35.5. The normalized spacial score (nSPS) is 18.7. The van der Waals surface area contributed by atoms with Crippen molar-refractivity contribution in [1.29, 1.82) is 0 Å². The van der Waals surface area contributed by atoms with E-state index in [1.54, 1.807) is 10.9 Å². The maximum Gasteiger partial charge on any atom is 0.258 e. The van der Waals surface area contributed by atoms with Crippen molar-refractivity contribution in [3.8, 4) is 17.0 Å². The number of amides is 1. The number of likely N-dealkylation sites (N-methyl/N-ethyl adjacent to an activating group) is 1. The summed E-state index contributed by atoms with van der Waals surface area (Å²) >= 11 is 6.72. The second-order valence-corrected chi connectivity index (χ2v) is 9.09. The maximum absolute atomic E-state index is 13.4. The number of carbonyl (C=O) groups is 1. The highest BCUT2D eigenvalue weighted by Crippen LogP contribution is 2.38. The number of hydrogen-bond donors (Lipinski definition) is 0. The summed E-state index contributed by atoms with van der Waals surface area (Å²) in [6, 6.07) is 6.05. The number of rotatable bonds is 3. The van der Waals surface area contributed by atoms with E-state index in [0.29, 0.717) is 35.9 Å². The molecular formula is C24H26ClN5O2. The van der Waals surface area contributed by atoms with Crippen LogP contribution in [-0.4, -0.2) is 69.8 Å². The number of fused-ring (bicyclic) bond motifs is 2. The van der Waals surface area contributed by atoms with Crippen molar-refractivity contribution in [1.82, 2.24) is 24.6 Å². The number of pyridine rings is 1. The van der Waals surface area contributed by atoms with Gasteiger partial charge in [-0.25, -0.2) is 0 Å². The molecule has 1 aromatic carbocycles. The number of nitrogens with zero attached hydrogens (tertiary/aromatic N) is 5. The van der Waals surface area contributed by atoms with Crippen molar-refractivity contribution in [2.24, 2.45) is 7.05 Å². The third kappa shape index (κ3) is 3.76. The molecule has 4 heterocycles. The first-order valence-electron chi connectivity index (χ1n) is 10.8. The molecule has 5 rings (SSSR count). The van der Waals surface area contributed by atoms with Gasteiger partial charge < -0.3 is 14.5 Å². The van der Waals surface area contributed by atoms with Crippen LogP contribution in [0.1, 0.15) is 27.0 Å². The molecule has 166 valence electrons. The van der Waals surface area contributed by atoms with E-state index < -0.39 is 0 Å². The summed E-state index contributed by atoms with van der Waals surface area (Å²) in [6.07, 6.45) is 6.25. The molecule has 2 aliphatic rings. The lowest BCUT2D eigenvalue weighted by Gasteiger charge is -2.38. The predicted molar refractivity (Wildman–Crippen MR) is 123 cm³/mol. The average Bonchev–Trinajstić information content (AvgIpc) is 3.17. The Hall–Kier alpha value is -2.90. The molecule has 0 saturated carbocycles. The van der Waals surface area contributed by atoms with E-state index in [1.807, 2.05) is 43.4 Å². The lowest BCUT2D eigenvalue weighted by atomic mass is 9.97. The molecule has 1 atom stereocenters. The standard InChI is InChI=1S/C24H26ClN5O2/c1-15-17(8-16-4-5-21(26-10-16)18-11-27-29(3)12-18)9-20-23(22(15)25)32-14-19-13-28(2)6-7-30(19)24(20)31/h4-5,9-12,19H,6-8,13-14H2,1-3H3/t19-/m0/s1. The molecule has 32 heavy (non-hydrogen) atoms. The smallest absolute Gasteiger partial charge is 0.258 e. The van der Waals surface area contributed by atoms with E-state index in [1.165, 1.54) is 0 Å². The summed E-state index contributed by atoms with van der Waals surface area (Å²) in [5.74, 6) is 0.517. The zero-order chi connectivity index (χ0) is 22.4. The molecule has 1 saturated heterocycles. The molecule has 0 radical (unpaired) electrons. The Morgan fingerprint density at radius 2 is 2.06 bits per heavy atom. The molecule has 8 heteroatoms. The molecule has 2 aliphatic heterocycles. The van der Waals surface area contributed by atoms with E-state index in [0.717, 1.165) is 41.0 Å². The Labute approximate surface area is 192 Å². The summed E-state index contributed by atoms with van der Waals surface area (Å²) < 4.78 is 7.84. The number of benzene rings is 1. The number of piperazine rings is 1. The summed E-state index contributed by atoms with van der Waals surface area (Å²) in [6.45, 7) is 4.80. The van der Waals surface area contributed by atoms with Crippen LogP contribution < -0.4 is 4.74 Å². The van der Waals surface area contributed by atoms with E-state index >= 15 is 0 Å². The van der Waals surface area contributed by atoms with Gasteiger partial charge in [0.2, 0.25) is 0 Å². The van der Waals surface area contributed by atoms with Crippen LogP contribution >= 0.6 is 11.6 Å². The monoisotopic (exact) mass is 451 g/mol. The highest BCUT2D eigenvalue weighted by molar-refractivity contribution is 6.33. The van der Waals surface area contributed by atoms with Gasteiger partial charge in [-0.1, -0.05) is 17.7 Å².